The molecule has 1 unspecified atom stereocenters. The summed E-state index contributed by atoms with van der Waals surface area (Å²) in [5.74, 6) is 1.06. The fourth-order valence-electron chi connectivity index (χ4n) is 1.10. The fourth-order valence-corrected chi connectivity index (χ4v) is 1.73. The molecule has 5 heteroatoms. The molecule has 14 heavy (non-hydrogen) atoms. The predicted molar refractivity (Wildman–Crippen MR) is 53.0 cm³/mol. The molecular formula is C9H10N2O2S. The van der Waals surface area contributed by atoms with Gasteiger partial charge >= 0.3 is 0 Å². The highest BCUT2D eigenvalue weighted by atomic mass is 32.1. The highest BCUT2D eigenvalue weighted by Crippen LogP contribution is 2.18. The Kier molecular flexibility index (Phi) is 2.60. The van der Waals surface area contributed by atoms with E-state index in [0.29, 0.717) is 18.1 Å². The van der Waals surface area contributed by atoms with Gasteiger partial charge in [-0.25, -0.2) is 0 Å². The number of rotatable bonds is 3. The summed E-state index contributed by atoms with van der Waals surface area (Å²) in [7, 11) is 0. The Morgan fingerprint density at radius 1 is 1.64 bits per heavy atom. The maximum absolute atomic E-state index is 9.12. The average Bonchev–Trinajstić information content (AvgIpc) is 2.69. The number of aliphatic hydroxyl groups is 1. The Balaban J connectivity index is 2.18. The van der Waals surface area contributed by atoms with Crippen LogP contribution in [0.1, 0.15) is 12.8 Å². The third kappa shape index (κ3) is 2.00. The highest BCUT2D eigenvalue weighted by molar-refractivity contribution is 7.08. The van der Waals surface area contributed by atoms with Crippen molar-refractivity contribution in [2.45, 2.75) is 19.4 Å². The zero-order valence-corrected chi connectivity index (χ0v) is 8.49. The van der Waals surface area contributed by atoms with Gasteiger partial charge in [0.15, 0.2) is 0 Å². The van der Waals surface area contributed by atoms with E-state index in [4.69, 9.17) is 9.63 Å². The van der Waals surface area contributed by atoms with E-state index >= 15 is 0 Å². The summed E-state index contributed by atoms with van der Waals surface area (Å²) in [5.41, 5.74) is 0.954. The first-order valence-corrected chi connectivity index (χ1v) is 5.23. The molecule has 0 aromatic carbocycles. The van der Waals surface area contributed by atoms with Gasteiger partial charge in [0.25, 0.3) is 0 Å². The lowest BCUT2D eigenvalue weighted by Gasteiger charge is -1.95. The van der Waals surface area contributed by atoms with Crippen molar-refractivity contribution in [1.29, 1.82) is 0 Å². The van der Waals surface area contributed by atoms with Crippen LogP contribution in [-0.4, -0.2) is 21.4 Å². The topological polar surface area (TPSA) is 59.2 Å². The van der Waals surface area contributed by atoms with Crippen molar-refractivity contribution in [2.75, 3.05) is 0 Å². The lowest BCUT2D eigenvalue weighted by molar-refractivity contribution is 0.181. The van der Waals surface area contributed by atoms with E-state index in [-0.39, 0.29) is 0 Å². The summed E-state index contributed by atoms with van der Waals surface area (Å²) in [5, 5.41) is 16.9. The lowest BCUT2D eigenvalue weighted by atomic mass is 10.3. The van der Waals surface area contributed by atoms with Gasteiger partial charge in [0.2, 0.25) is 11.7 Å². The summed E-state index contributed by atoms with van der Waals surface area (Å²) in [6.07, 6.45) is -0.0530. The number of thiophene rings is 1. The summed E-state index contributed by atoms with van der Waals surface area (Å²) in [6, 6.07) is 1.93. The smallest absolute Gasteiger partial charge is 0.229 e. The molecule has 0 saturated heterocycles. The molecule has 0 saturated carbocycles. The van der Waals surface area contributed by atoms with Crippen LogP contribution in [0.4, 0.5) is 0 Å². The first-order valence-electron chi connectivity index (χ1n) is 4.29. The molecule has 74 valence electrons. The second kappa shape index (κ2) is 3.89. The molecule has 0 radical (unpaired) electrons. The maximum atomic E-state index is 9.12. The Morgan fingerprint density at radius 2 is 2.50 bits per heavy atom. The van der Waals surface area contributed by atoms with Gasteiger partial charge in [-0.3, -0.25) is 0 Å². The minimum Gasteiger partial charge on any atom is -0.393 e. The largest absolute Gasteiger partial charge is 0.393 e. The molecule has 0 fully saturated rings. The first-order chi connectivity index (χ1) is 6.75. The van der Waals surface area contributed by atoms with Crippen LogP contribution in [0.2, 0.25) is 0 Å². The van der Waals surface area contributed by atoms with E-state index in [9.17, 15) is 0 Å². The zero-order valence-electron chi connectivity index (χ0n) is 7.67. The lowest BCUT2D eigenvalue weighted by Crippen LogP contribution is -2.04. The third-order valence-electron chi connectivity index (χ3n) is 1.72. The fraction of sp³-hybridized carbons (Fsp3) is 0.333. The normalized spacial score (nSPS) is 13.0. The highest BCUT2D eigenvalue weighted by Gasteiger charge is 2.10. The van der Waals surface area contributed by atoms with Crippen LogP contribution in [0.15, 0.2) is 21.3 Å². The van der Waals surface area contributed by atoms with E-state index < -0.39 is 6.10 Å². The van der Waals surface area contributed by atoms with Gasteiger partial charge < -0.3 is 9.63 Å². The molecule has 4 nitrogen and oxygen atoms in total. The van der Waals surface area contributed by atoms with Crippen molar-refractivity contribution in [3.63, 3.8) is 0 Å². The van der Waals surface area contributed by atoms with Gasteiger partial charge in [-0.2, -0.15) is 16.3 Å². The van der Waals surface area contributed by atoms with Crippen LogP contribution in [0, 0.1) is 0 Å². The van der Waals surface area contributed by atoms with Crippen LogP contribution < -0.4 is 0 Å². The molecule has 0 aliphatic heterocycles. The molecule has 0 aliphatic carbocycles. The number of aliphatic hydroxyl groups excluding tert-OH is 1. The second-order valence-corrected chi connectivity index (χ2v) is 3.86. The van der Waals surface area contributed by atoms with Crippen molar-refractivity contribution < 1.29 is 9.63 Å². The molecular weight excluding hydrogens is 200 g/mol. The molecule has 2 aromatic rings. The zero-order chi connectivity index (χ0) is 9.97. The quantitative estimate of drug-likeness (QED) is 0.838. The molecule has 1 atom stereocenters. The Hall–Kier alpha value is -1.20. The summed E-state index contributed by atoms with van der Waals surface area (Å²) in [4.78, 5) is 4.16. The van der Waals surface area contributed by atoms with Crippen LogP contribution in [0.25, 0.3) is 11.4 Å². The monoisotopic (exact) mass is 210 g/mol. The molecule has 0 spiro atoms. The molecule has 0 amide bonds. The average molecular weight is 210 g/mol. The van der Waals surface area contributed by atoms with Gasteiger partial charge in [-0.05, 0) is 18.4 Å². The molecule has 2 heterocycles. The SMILES string of the molecule is CC(O)Cc1nc(-c2ccsc2)no1. The van der Waals surface area contributed by atoms with Crippen molar-refractivity contribution in [1.82, 2.24) is 10.1 Å². The minimum atomic E-state index is -0.453. The number of hydrogen-bond acceptors (Lipinski definition) is 5. The van der Waals surface area contributed by atoms with E-state index in [0.717, 1.165) is 5.56 Å². The maximum Gasteiger partial charge on any atom is 0.229 e. The third-order valence-corrected chi connectivity index (χ3v) is 2.40. The molecule has 1 N–H and O–H groups in total. The Bertz CT molecular complexity index is 395. The minimum absolute atomic E-state index is 0.400. The van der Waals surface area contributed by atoms with Gasteiger partial charge in [0, 0.05) is 10.9 Å². The number of nitrogens with zero attached hydrogens (tertiary/aromatic N) is 2. The summed E-state index contributed by atoms with van der Waals surface area (Å²) in [6.45, 7) is 1.69. The summed E-state index contributed by atoms with van der Waals surface area (Å²) >= 11 is 1.59. The molecule has 0 aliphatic rings. The molecule has 2 aromatic heterocycles. The Morgan fingerprint density at radius 3 is 3.14 bits per heavy atom. The van der Waals surface area contributed by atoms with Gasteiger partial charge in [-0.1, -0.05) is 5.16 Å². The van der Waals surface area contributed by atoms with Crippen molar-refractivity contribution in [2.24, 2.45) is 0 Å². The second-order valence-electron chi connectivity index (χ2n) is 3.08. The van der Waals surface area contributed by atoms with Crippen LogP contribution >= 0.6 is 11.3 Å². The summed E-state index contributed by atoms with van der Waals surface area (Å²) < 4.78 is 4.98. The predicted octanol–water partition coefficient (Wildman–Crippen LogP) is 1.72. The van der Waals surface area contributed by atoms with Crippen LogP contribution in [-0.2, 0) is 6.42 Å². The van der Waals surface area contributed by atoms with Crippen LogP contribution in [0.3, 0.4) is 0 Å². The van der Waals surface area contributed by atoms with Crippen molar-refractivity contribution in [3.8, 4) is 11.4 Å². The standard InChI is InChI=1S/C9H10N2O2S/c1-6(12)4-8-10-9(11-13-8)7-2-3-14-5-7/h2-3,5-6,12H,4H2,1H3. The van der Waals surface area contributed by atoms with E-state index in [2.05, 4.69) is 10.1 Å². The van der Waals surface area contributed by atoms with Crippen molar-refractivity contribution in [3.05, 3.63) is 22.7 Å². The Labute approximate surface area is 85.2 Å². The van der Waals surface area contributed by atoms with E-state index in [1.165, 1.54) is 0 Å². The molecule has 0 bridgehead atoms. The first kappa shape index (κ1) is 9.36. The van der Waals surface area contributed by atoms with Gasteiger partial charge in [-0.15, -0.1) is 0 Å². The van der Waals surface area contributed by atoms with Gasteiger partial charge in [0.05, 0.1) is 12.5 Å². The van der Waals surface area contributed by atoms with E-state index in [1.54, 1.807) is 18.3 Å². The molecule has 2 rings (SSSR count). The number of hydrogen-bond donors (Lipinski definition) is 1. The van der Waals surface area contributed by atoms with Crippen LogP contribution in [0.5, 0.6) is 0 Å². The van der Waals surface area contributed by atoms with E-state index in [1.807, 2.05) is 16.8 Å². The number of aromatic nitrogens is 2. The van der Waals surface area contributed by atoms with Crippen molar-refractivity contribution >= 4 is 11.3 Å². The van der Waals surface area contributed by atoms with Gasteiger partial charge in [0.1, 0.15) is 0 Å².